The highest BCUT2D eigenvalue weighted by Gasteiger charge is 2.39. The Hall–Kier alpha value is -2.58. The maximum atomic E-state index is 12.9. The summed E-state index contributed by atoms with van der Waals surface area (Å²) in [6, 6.07) is 9.84. The molecular formula is C20H18ClF3N2O3. The summed E-state index contributed by atoms with van der Waals surface area (Å²) in [6.07, 6.45) is -5.51. The number of aliphatic hydroxyl groups is 1. The second-order valence-corrected chi connectivity index (χ2v) is 7.22. The molecule has 1 aliphatic rings. The van der Waals surface area contributed by atoms with Gasteiger partial charge in [0.05, 0.1) is 11.7 Å². The number of aliphatic hydroxyl groups excluding tert-OH is 1. The fourth-order valence-corrected chi connectivity index (χ4v) is 3.32. The lowest BCUT2D eigenvalue weighted by atomic mass is 10.1. The van der Waals surface area contributed by atoms with Crippen LogP contribution in [0.25, 0.3) is 0 Å². The van der Waals surface area contributed by atoms with Gasteiger partial charge in [-0.2, -0.15) is 13.2 Å². The third kappa shape index (κ3) is 5.07. The summed E-state index contributed by atoms with van der Waals surface area (Å²) in [4.78, 5) is 26.4. The Balaban J connectivity index is 1.73. The molecule has 1 saturated heterocycles. The van der Waals surface area contributed by atoms with E-state index < -0.39 is 35.7 Å². The fourth-order valence-electron chi connectivity index (χ4n) is 3.19. The summed E-state index contributed by atoms with van der Waals surface area (Å²) >= 11 is 5.82. The van der Waals surface area contributed by atoms with Gasteiger partial charge < -0.3 is 15.3 Å². The summed E-state index contributed by atoms with van der Waals surface area (Å²) in [5.74, 6) is -1.23. The smallest absolute Gasteiger partial charge is 0.391 e. The highest BCUT2D eigenvalue weighted by molar-refractivity contribution is 6.30. The first-order valence-corrected chi connectivity index (χ1v) is 9.21. The standard InChI is InChI=1S/C20H18ClF3N2O3/c21-15-6-4-12(5-7-15)10-25-18(28)17-9-16(27)11-26(17)19(29)13-2-1-3-14(8-13)20(22,23)24/h1-8,16-17,27H,9-11H2,(H,25,28)/t16-,17+/m1/s1. The molecule has 0 unspecified atom stereocenters. The maximum absolute atomic E-state index is 12.9. The SMILES string of the molecule is O=C(NCc1ccc(Cl)cc1)[C@@H]1C[C@@H](O)CN1C(=O)c1cccc(C(F)(F)F)c1. The average molecular weight is 427 g/mol. The van der Waals surface area contributed by atoms with Crippen LogP contribution >= 0.6 is 11.6 Å². The van der Waals surface area contributed by atoms with Crippen molar-refractivity contribution in [3.05, 3.63) is 70.2 Å². The number of halogens is 4. The van der Waals surface area contributed by atoms with Crippen molar-refractivity contribution in [2.24, 2.45) is 0 Å². The first-order valence-electron chi connectivity index (χ1n) is 8.83. The van der Waals surface area contributed by atoms with Crippen LogP contribution in [0.1, 0.15) is 27.9 Å². The van der Waals surface area contributed by atoms with E-state index in [2.05, 4.69) is 5.32 Å². The van der Waals surface area contributed by atoms with Gasteiger partial charge in [-0.05, 0) is 35.9 Å². The van der Waals surface area contributed by atoms with Gasteiger partial charge in [0.15, 0.2) is 0 Å². The monoisotopic (exact) mass is 426 g/mol. The Kier molecular flexibility index (Phi) is 6.14. The minimum absolute atomic E-state index is 0.0111. The zero-order chi connectivity index (χ0) is 21.2. The highest BCUT2D eigenvalue weighted by atomic mass is 35.5. The molecule has 0 aromatic heterocycles. The van der Waals surface area contributed by atoms with E-state index in [0.29, 0.717) is 5.02 Å². The van der Waals surface area contributed by atoms with Crippen LogP contribution in [0.5, 0.6) is 0 Å². The molecule has 1 heterocycles. The second-order valence-electron chi connectivity index (χ2n) is 6.79. The lowest BCUT2D eigenvalue weighted by Gasteiger charge is -2.24. The molecule has 2 N–H and O–H groups in total. The molecule has 2 amide bonds. The maximum Gasteiger partial charge on any atom is 0.416 e. The lowest BCUT2D eigenvalue weighted by Crippen LogP contribution is -2.45. The lowest BCUT2D eigenvalue weighted by molar-refractivity contribution is -0.137. The molecule has 2 aromatic rings. The van der Waals surface area contributed by atoms with Gasteiger partial charge in [0.2, 0.25) is 5.91 Å². The van der Waals surface area contributed by atoms with Crippen LogP contribution in [0, 0.1) is 0 Å². The molecule has 2 atom stereocenters. The Bertz CT molecular complexity index is 903. The summed E-state index contributed by atoms with van der Waals surface area (Å²) in [6.45, 7) is 0.0578. The first-order chi connectivity index (χ1) is 13.6. The number of rotatable bonds is 4. The quantitative estimate of drug-likeness (QED) is 0.788. The minimum Gasteiger partial charge on any atom is -0.391 e. The number of nitrogens with zero attached hydrogens (tertiary/aromatic N) is 1. The van der Waals surface area contributed by atoms with Crippen LogP contribution in [0.4, 0.5) is 13.2 Å². The Morgan fingerprint density at radius 1 is 1.17 bits per heavy atom. The first kappa shape index (κ1) is 21.1. The van der Waals surface area contributed by atoms with Gasteiger partial charge >= 0.3 is 6.18 Å². The number of nitrogens with one attached hydrogen (secondary N) is 1. The summed E-state index contributed by atoms with van der Waals surface area (Å²) in [7, 11) is 0. The fraction of sp³-hybridized carbons (Fsp3) is 0.300. The van der Waals surface area contributed by atoms with Crippen LogP contribution in [0.3, 0.4) is 0 Å². The predicted molar refractivity (Wildman–Crippen MR) is 100 cm³/mol. The largest absolute Gasteiger partial charge is 0.416 e. The van der Waals surface area contributed by atoms with Crippen molar-refractivity contribution in [3.63, 3.8) is 0 Å². The molecule has 9 heteroatoms. The van der Waals surface area contributed by atoms with E-state index in [-0.39, 0.29) is 25.1 Å². The molecule has 3 rings (SSSR count). The molecule has 0 radical (unpaired) electrons. The summed E-state index contributed by atoms with van der Waals surface area (Å²) in [5, 5.41) is 13.2. The van der Waals surface area contributed by atoms with Gasteiger partial charge in [-0.25, -0.2) is 0 Å². The Labute approximate surface area is 170 Å². The molecule has 2 aromatic carbocycles. The van der Waals surface area contributed by atoms with E-state index in [1.807, 2.05) is 0 Å². The normalized spacial score (nSPS) is 19.3. The third-order valence-corrected chi connectivity index (χ3v) is 4.91. The average Bonchev–Trinajstić information content (AvgIpc) is 3.08. The van der Waals surface area contributed by atoms with Crippen molar-refractivity contribution in [1.82, 2.24) is 10.2 Å². The van der Waals surface area contributed by atoms with Gasteiger partial charge in [0.1, 0.15) is 6.04 Å². The molecule has 0 saturated carbocycles. The zero-order valence-corrected chi connectivity index (χ0v) is 15.9. The van der Waals surface area contributed by atoms with E-state index >= 15 is 0 Å². The van der Waals surface area contributed by atoms with Crippen LogP contribution in [0.15, 0.2) is 48.5 Å². The Morgan fingerprint density at radius 3 is 2.52 bits per heavy atom. The van der Waals surface area contributed by atoms with Crippen LogP contribution in [-0.2, 0) is 17.5 Å². The molecular weight excluding hydrogens is 409 g/mol. The van der Waals surface area contributed by atoms with E-state index in [1.54, 1.807) is 24.3 Å². The van der Waals surface area contributed by atoms with Gasteiger partial charge in [-0.15, -0.1) is 0 Å². The number of carbonyl (C=O) groups is 2. The zero-order valence-electron chi connectivity index (χ0n) is 15.1. The van der Waals surface area contributed by atoms with Crippen LogP contribution < -0.4 is 5.32 Å². The molecule has 0 bridgehead atoms. The molecule has 1 fully saturated rings. The van der Waals surface area contributed by atoms with Crippen molar-refractivity contribution in [3.8, 4) is 0 Å². The van der Waals surface area contributed by atoms with Crippen LogP contribution in [-0.4, -0.2) is 40.5 Å². The van der Waals surface area contributed by atoms with Crippen molar-refractivity contribution in [2.75, 3.05) is 6.54 Å². The molecule has 5 nitrogen and oxygen atoms in total. The summed E-state index contributed by atoms with van der Waals surface area (Å²) < 4.78 is 38.8. The number of carbonyl (C=O) groups excluding carboxylic acids is 2. The number of likely N-dealkylation sites (tertiary alicyclic amines) is 1. The van der Waals surface area contributed by atoms with E-state index in [4.69, 9.17) is 11.6 Å². The van der Waals surface area contributed by atoms with Gasteiger partial charge in [0.25, 0.3) is 5.91 Å². The molecule has 0 aliphatic carbocycles. The van der Waals surface area contributed by atoms with Gasteiger partial charge in [-0.3, -0.25) is 9.59 Å². The van der Waals surface area contributed by atoms with Crippen molar-refractivity contribution >= 4 is 23.4 Å². The van der Waals surface area contributed by atoms with Crippen molar-refractivity contribution in [1.29, 1.82) is 0 Å². The second kappa shape index (κ2) is 8.42. The molecule has 0 spiro atoms. The number of hydrogen-bond acceptors (Lipinski definition) is 3. The Morgan fingerprint density at radius 2 is 1.86 bits per heavy atom. The number of alkyl halides is 3. The molecule has 29 heavy (non-hydrogen) atoms. The number of β-amino-alcohol motifs (C(OH)–C–C–N with tert-alkyl or cyclic N) is 1. The minimum atomic E-state index is -4.59. The number of amides is 2. The van der Waals surface area contributed by atoms with E-state index in [0.717, 1.165) is 28.7 Å². The van der Waals surface area contributed by atoms with Crippen molar-refractivity contribution in [2.45, 2.75) is 31.3 Å². The van der Waals surface area contributed by atoms with Crippen molar-refractivity contribution < 1.29 is 27.9 Å². The van der Waals surface area contributed by atoms with E-state index in [1.165, 1.54) is 6.07 Å². The van der Waals surface area contributed by atoms with E-state index in [9.17, 15) is 27.9 Å². The topological polar surface area (TPSA) is 69.6 Å². The molecule has 1 aliphatic heterocycles. The number of hydrogen-bond donors (Lipinski definition) is 2. The third-order valence-electron chi connectivity index (χ3n) is 4.66. The van der Waals surface area contributed by atoms with Gasteiger partial charge in [-0.1, -0.05) is 29.8 Å². The summed E-state index contributed by atoms with van der Waals surface area (Å²) in [5.41, 5.74) is -0.353. The van der Waals surface area contributed by atoms with Gasteiger partial charge in [0, 0.05) is 30.1 Å². The van der Waals surface area contributed by atoms with Crippen LogP contribution in [0.2, 0.25) is 5.02 Å². The highest BCUT2D eigenvalue weighted by Crippen LogP contribution is 2.30. The number of benzene rings is 2. The predicted octanol–water partition coefficient (Wildman–Crippen LogP) is 3.25. The molecule has 154 valence electrons.